The van der Waals surface area contributed by atoms with Crippen molar-refractivity contribution in [2.24, 2.45) is 11.8 Å². The average molecular weight is 256 g/mol. The molecule has 4 heteroatoms. The number of hydrogen-bond acceptors (Lipinski definition) is 4. The molecule has 0 amide bonds. The number of Topliss-reactive ketones (excluding diaryl/α,β-unsaturated/α-hetero) is 1. The molecule has 0 heterocycles. The number of carbonyl (C=O) groups excluding carboxylic acids is 3. The average Bonchev–Trinajstić information content (AvgIpc) is 2.27. The summed E-state index contributed by atoms with van der Waals surface area (Å²) in [6.07, 6.45) is 4.60. The zero-order valence-corrected chi connectivity index (χ0v) is 11.8. The zero-order chi connectivity index (χ0) is 14.1. The van der Waals surface area contributed by atoms with Gasteiger partial charge in [-0.3, -0.25) is 14.4 Å². The molecule has 0 aliphatic rings. The molecular weight excluding hydrogens is 232 g/mol. The molecule has 0 saturated heterocycles. The van der Waals surface area contributed by atoms with Crippen LogP contribution in [-0.2, 0) is 19.1 Å². The van der Waals surface area contributed by atoms with E-state index in [4.69, 9.17) is 0 Å². The highest BCUT2D eigenvalue weighted by atomic mass is 16.6. The number of ether oxygens (including phenoxy) is 1. The van der Waals surface area contributed by atoms with E-state index >= 15 is 0 Å². The molecule has 0 saturated carbocycles. The van der Waals surface area contributed by atoms with Gasteiger partial charge in [0.1, 0.15) is 11.7 Å². The van der Waals surface area contributed by atoms with Crippen LogP contribution < -0.4 is 0 Å². The fourth-order valence-corrected chi connectivity index (χ4v) is 1.96. The molecule has 0 aliphatic heterocycles. The molecule has 0 aromatic carbocycles. The van der Waals surface area contributed by atoms with E-state index in [1.54, 1.807) is 0 Å². The van der Waals surface area contributed by atoms with E-state index in [1.165, 1.54) is 13.8 Å². The summed E-state index contributed by atoms with van der Waals surface area (Å²) >= 11 is 0. The number of rotatable bonds is 8. The highest BCUT2D eigenvalue weighted by molar-refractivity contribution is 6.00. The first-order valence-corrected chi connectivity index (χ1v) is 6.65. The van der Waals surface area contributed by atoms with E-state index in [0.29, 0.717) is 12.3 Å². The van der Waals surface area contributed by atoms with Gasteiger partial charge in [-0.2, -0.15) is 0 Å². The van der Waals surface area contributed by atoms with Crippen molar-refractivity contribution in [3.05, 3.63) is 0 Å². The van der Waals surface area contributed by atoms with Crippen LogP contribution in [0, 0.1) is 11.8 Å². The summed E-state index contributed by atoms with van der Waals surface area (Å²) in [5.74, 6) is -2.05. The molecule has 0 bridgehead atoms. The van der Waals surface area contributed by atoms with Gasteiger partial charge in [0.25, 0.3) is 0 Å². The van der Waals surface area contributed by atoms with E-state index in [0.717, 1.165) is 25.7 Å². The van der Waals surface area contributed by atoms with Gasteiger partial charge in [0.15, 0.2) is 0 Å². The molecule has 0 aromatic rings. The van der Waals surface area contributed by atoms with Gasteiger partial charge in [-0.15, -0.1) is 0 Å². The van der Waals surface area contributed by atoms with E-state index in [1.807, 2.05) is 6.92 Å². The van der Waals surface area contributed by atoms with Gasteiger partial charge in [-0.25, -0.2) is 0 Å². The van der Waals surface area contributed by atoms with E-state index in [9.17, 15) is 14.4 Å². The Morgan fingerprint density at radius 2 is 1.72 bits per heavy atom. The largest absolute Gasteiger partial charge is 0.393 e. The molecule has 0 aromatic heterocycles. The molecule has 18 heavy (non-hydrogen) atoms. The van der Waals surface area contributed by atoms with Crippen molar-refractivity contribution in [1.82, 2.24) is 0 Å². The molecular formula is C14H24O4. The Morgan fingerprint density at radius 1 is 1.11 bits per heavy atom. The summed E-state index contributed by atoms with van der Waals surface area (Å²) in [4.78, 5) is 33.9. The lowest BCUT2D eigenvalue weighted by Gasteiger charge is -2.19. The van der Waals surface area contributed by atoms with Crippen LogP contribution in [0.5, 0.6) is 0 Å². The molecule has 0 N–H and O–H groups in total. The van der Waals surface area contributed by atoms with Gasteiger partial charge in [0, 0.05) is 6.92 Å². The Morgan fingerprint density at radius 3 is 2.11 bits per heavy atom. The van der Waals surface area contributed by atoms with Crippen molar-refractivity contribution in [3.63, 3.8) is 0 Å². The van der Waals surface area contributed by atoms with Crippen molar-refractivity contribution in [2.75, 3.05) is 0 Å². The Bertz CT molecular complexity index is 296. The Kier molecular flexibility index (Phi) is 8.25. The highest BCUT2D eigenvalue weighted by Gasteiger charge is 2.28. The van der Waals surface area contributed by atoms with Crippen molar-refractivity contribution >= 4 is 17.7 Å². The molecule has 0 spiro atoms. The predicted molar refractivity (Wildman–Crippen MR) is 68.9 cm³/mol. The quantitative estimate of drug-likeness (QED) is 0.495. The zero-order valence-electron chi connectivity index (χ0n) is 11.8. The molecule has 0 rings (SSSR count). The summed E-state index contributed by atoms with van der Waals surface area (Å²) in [6, 6.07) is 0. The molecule has 104 valence electrons. The van der Waals surface area contributed by atoms with Crippen LogP contribution in [0.3, 0.4) is 0 Å². The molecule has 2 unspecified atom stereocenters. The van der Waals surface area contributed by atoms with Crippen molar-refractivity contribution in [2.45, 2.75) is 59.8 Å². The lowest BCUT2D eigenvalue weighted by Crippen LogP contribution is -2.28. The number of unbranched alkanes of at least 4 members (excludes halogenated alkanes) is 1. The van der Waals surface area contributed by atoms with Gasteiger partial charge in [-0.1, -0.05) is 39.5 Å². The summed E-state index contributed by atoms with van der Waals surface area (Å²) in [5, 5.41) is 0. The summed E-state index contributed by atoms with van der Waals surface area (Å²) in [7, 11) is 0. The molecule has 0 radical (unpaired) electrons. The molecule has 0 aliphatic carbocycles. The maximum Gasteiger partial charge on any atom is 0.324 e. The van der Waals surface area contributed by atoms with Gasteiger partial charge in [0.2, 0.25) is 0 Å². The van der Waals surface area contributed by atoms with Crippen LogP contribution >= 0.6 is 0 Å². The minimum absolute atomic E-state index is 0.226. The first-order chi connectivity index (χ1) is 8.42. The number of hydrogen-bond donors (Lipinski definition) is 0. The van der Waals surface area contributed by atoms with Crippen molar-refractivity contribution in [1.29, 1.82) is 0 Å². The smallest absolute Gasteiger partial charge is 0.324 e. The first-order valence-electron chi connectivity index (χ1n) is 6.65. The van der Waals surface area contributed by atoms with Crippen molar-refractivity contribution in [3.8, 4) is 0 Å². The normalized spacial score (nSPS) is 13.8. The number of ketones is 1. The standard InChI is InChI=1S/C14H24O4/c1-5-7-8-12(6-2)9-13(10(3)15)14(17)18-11(4)16/h12-13H,5-9H2,1-4H3. The van der Waals surface area contributed by atoms with Crippen LogP contribution in [0.4, 0.5) is 0 Å². The molecule has 4 nitrogen and oxygen atoms in total. The minimum Gasteiger partial charge on any atom is -0.393 e. The van der Waals surface area contributed by atoms with Gasteiger partial charge >= 0.3 is 11.9 Å². The van der Waals surface area contributed by atoms with Crippen LogP contribution in [-0.4, -0.2) is 17.7 Å². The summed E-state index contributed by atoms with van der Waals surface area (Å²) in [5.41, 5.74) is 0. The van der Waals surface area contributed by atoms with Crippen LogP contribution in [0.1, 0.15) is 59.8 Å². The minimum atomic E-state index is -0.796. The second kappa shape index (κ2) is 8.84. The van der Waals surface area contributed by atoms with Crippen LogP contribution in [0.15, 0.2) is 0 Å². The van der Waals surface area contributed by atoms with Gasteiger partial charge < -0.3 is 4.74 Å². The maximum atomic E-state index is 11.7. The lowest BCUT2D eigenvalue weighted by molar-refractivity contribution is -0.162. The van der Waals surface area contributed by atoms with Gasteiger partial charge in [-0.05, 0) is 19.3 Å². The van der Waals surface area contributed by atoms with Crippen LogP contribution in [0.25, 0.3) is 0 Å². The molecule has 0 fully saturated rings. The number of carbonyl (C=O) groups is 3. The monoisotopic (exact) mass is 256 g/mol. The molecule has 2 atom stereocenters. The third-order valence-corrected chi connectivity index (χ3v) is 3.13. The van der Waals surface area contributed by atoms with E-state index in [2.05, 4.69) is 11.7 Å². The van der Waals surface area contributed by atoms with Gasteiger partial charge in [0.05, 0.1) is 0 Å². The topological polar surface area (TPSA) is 60.4 Å². The predicted octanol–water partition coefficient (Wildman–Crippen LogP) is 2.89. The fraction of sp³-hybridized carbons (Fsp3) is 0.786. The lowest BCUT2D eigenvalue weighted by atomic mass is 9.87. The SMILES string of the molecule is CCCCC(CC)CC(C(C)=O)C(=O)OC(C)=O. The third-order valence-electron chi connectivity index (χ3n) is 3.13. The first kappa shape index (κ1) is 16.8. The summed E-state index contributed by atoms with van der Waals surface area (Å²) < 4.78 is 4.52. The fourth-order valence-electron chi connectivity index (χ4n) is 1.96. The van der Waals surface area contributed by atoms with E-state index < -0.39 is 17.9 Å². The number of esters is 2. The van der Waals surface area contributed by atoms with Crippen LogP contribution in [0.2, 0.25) is 0 Å². The highest BCUT2D eigenvalue weighted by Crippen LogP contribution is 2.23. The Balaban J connectivity index is 4.54. The Hall–Kier alpha value is -1.19. The maximum absolute atomic E-state index is 11.7. The Labute approximate surface area is 109 Å². The second-order valence-electron chi connectivity index (χ2n) is 4.73. The van der Waals surface area contributed by atoms with E-state index in [-0.39, 0.29) is 5.78 Å². The summed E-state index contributed by atoms with van der Waals surface area (Å²) in [6.45, 7) is 6.70. The second-order valence-corrected chi connectivity index (χ2v) is 4.73. The van der Waals surface area contributed by atoms with Crippen molar-refractivity contribution < 1.29 is 19.1 Å². The third kappa shape index (κ3) is 6.52.